The Hall–Kier alpha value is -2.97. The molecule has 2 aromatic rings. The first-order valence-electron chi connectivity index (χ1n) is 9.33. The van der Waals surface area contributed by atoms with Gasteiger partial charge in [0.15, 0.2) is 11.5 Å². The summed E-state index contributed by atoms with van der Waals surface area (Å²) < 4.78 is 11.2. The van der Waals surface area contributed by atoms with Crippen LogP contribution in [0.1, 0.15) is 37.0 Å². The van der Waals surface area contributed by atoms with Crippen LogP contribution in [-0.4, -0.2) is 19.1 Å². The van der Waals surface area contributed by atoms with Gasteiger partial charge in [0.25, 0.3) is 5.91 Å². The van der Waals surface area contributed by atoms with Gasteiger partial charge in [-0.05, 0) is 74.2 Å². The molecule has 0 aromatic heterocycles. The van der Waals surface area contributed by atoms with Crippen LogP contribution in [0.3, 0.4) is 0 Å². The minimum Gasteiger partial charge on any atom is -0.493 e. The Balaban J connectivity index is 2.31. The van der Waals surface area contributed by atoms with Crippen molar-refractivity contribution >= 4 is 29.3 Å². The van der Waals surface area contributed by atoms with E-state index in [9.17, 15) is 10.1 Å². The number of aryl methyl sites for hydroxylation is 2. The first-order chi connectivity index (χ1) is 13.8. The van der Waals surface area contributed by atoms with Gasteiger partial charge in [-0.2, -0.15) is 5.26 Å². The topological polar surface area (TPSA) is 71.3 Å². The standard InChI is InChI=1S/C23H25ClN2O3/c1-6-16(4)29-22-20(24)11-17(12-21(22)28-5)10-18(13-25)23(27)26-19-8-7-14(2)15(3)9-19/h7-12,16H,6H2,1-5H3,(H,26,27)/b18-10-/t16-/m0/s1. The second-order valence-corrected chi connectivity index (χ2v) is 7.20. The lowest BCUT2D eigenvalue weighted by molar-refractivity contribution is -0.112. The van der Waals surface area contributed by atoms with Gasteiger partial charge in [0.2, 0.25) is 0 Å². The Morgan fingerprint density at radius 2 is 2.00 bits per heavy atom. The number of benzene rings is 2. The summed E-state index contributed by atoms with van der Waals surface area (Å²) in [6, 6.07) is 10.9. The van der Waals surface area contributed by atoms with E-state index in [-0.39, 0.29) is 11.7 Å². The van der Waals surface area contributed by atoms with Crippen molar-refractivity contribution in [2.75, 3.05) is 12.4 Å². The van der Waals surface area contributed by atoms with E-state index in [2.05, 4.69) is 5.32 Å². The molecule has 2 aromatic carbocycles. The number of nitrogens with one attached hydrogen (secondary N) is 1. The van der Waals surface area contributed by atoms with Crippen LogP contribution >= 0.6 is 11.6 Å². The lowest BCUT2D eigenvalue weighted by Gasteiger charge is -2.17. The van der Waals surface area contributed by atoms with Crippen LogP contribution in [0, 0.1) is 25.2 Å². The molecule has 29 heavy (non-hydrogen) atoms. The monoisotopic (exact) mass is 412 g/mol. The molecule has 1 amide bonds. The van der Waals surface area contributed by atoms with Crippen LogP contribution < -0.4 is 14.8 Å². The maximum absolute atomic E-state index is 12.5. The van der Waals surface area contributed by atoms with Gasteiger partial charge in [0.05, 0.1) is 18.2 Å². The maximum Gasteiger partial charge on any atom is 0.266 e. The molecular formula is C23H25ClN2O3. The van der Waals surface area contributed by atoms with Gasteiger partial charge >= 0.3 is 0 Å². The van der Waals surface area contributed by atoms with E-state index in [0.717, 1.165) is 17.5 Å². The molecule has 0 unspecified atom stereocenters. The summed E-state index contributed by atoms with van der Waals surface area (Å²) in [4.78, 5) is 12.5. The van der Waals surface area contributed by atoms with Gasteiger partial charge in [0, 0.05) is 5.69 Å². The summed E-state index contributed by atoms with van der Waals surface area (Å²) in [7, 11) is 1.51. The smallest absolute Gasteiger partial charge is 0.266 e. The quantitative estimate of drug-likeness (QED) is 0.468. The SMILES string of the molecule is CC[C@H](C)Oc1c(Cl)cc(/C=C(/C#N)C(=O)Nc2ccc(C)c(C)c2)cc1OC. The minimum absolute atomic E-state index is 0.0267. The average Bonchev–Trinajstić information content (AvgIpc) is 2.70. The zero-order valence-electron chi connectivity index (χ0n) is 17.3. The second-order valence-electron chi connectivity index (χ2n) is 6.79. The minimum atomic E-state index is -0.495. The predicted molar refractivity (Wildman–Crippen MR) is 117 cm³/mol. The normalized spacial score (nSPS) is 12.1. The lowest BCUT2D eigenvalue weighted by Crippen LogP contribution is -2.13. The second kappa shape index (κ2) is 9.99. The van der Waals surface area contributed by atoms with Gasteiger partial charge in [0.1, 0.15) is 11.6 Å². The fourth-order valence-electron chi connectivity index (χ4n) is 2.55. The molecule has 0 aliphatic heterocycles. The number of amides is 1. The van der Waals surface area contributed by atoms with Crippen LogP contribution in [0.15, 0.2) is 35.9 Å². The van der Waals surface area contributed by atoms with Gasteiger partial charge in [-0.1, -0.05) is 24.6 Å². The number of carbonyl (C=O) groups excluding carboxylic acids is 1. The van der Waals surface area contributed by atoms with Crippen LogP contribution in [0.4, 0.5) is 5.69 Å². The van der Waals surface area contributed by atoms with Gasteiger partial charge in [-0.15, -0.1) is 0 Å². The molecule has 0 saturated carbocycles. The Labute approximate surface area is 176 Å². The van der Waals surface area contributed by atoms with E-state index < -0.39 is 5.91 Å². The molecule has 0 aliphatic rings. The van der Waals surface area contributed by atoms with Crippen molar-refractivity contribution in [2.45, 2.75) is 40.2 Å². The lowest BCUT2D eigenvalue weighted by atomic mass is 10.1. The van der Waals surface area contributed by atoms with Crippen LogP contribution in [0.2, 0.25) is 5.02 Å². The highest BCUT2D eigenvalue weighted by molar-refractivity contribution is 6.32. The number of rotatable bonds is 7. The Bertz CT molecular complexity index is 977. The molecule has 2 rings (SSSR count). The van der Waals surface area contributed by atoms with E-state index in [4.69, 9.17) is 21.1 Å². The molecule has 5 nitrogen and oxygen atoms in total. The van der Waals surface area contributed by atoms with Crippen molar-refractivity contribution < 1.29 is 14.3 Å². The van der Waals surface area contributed by atoms with E-state index in [1.54, 1.807) is 18.2 Å². The Kier molecular flexibility index (Phi) is 7.69. The third-order valence-corrected chi connectivity index (χ3v) is 4.87. The molecular weight excluding hydrogens is 388 g/mol. The number of nitriles is 1. The number of hydrogen-bond donors (Lipinski definition) is 1. The van der Waals surface area contributed by atoms with Gasteiger partial charge in [-0.3, -0.25) is 4.79 Å². The van der Waals surface area contributed by atoms with Crippen molar-refractivity contribution in [1.29, 1.82) is 5.26 Å². The molecule has 0 spiro atoms. The molecule has 152 valence electrons. The first-order valence-corrected chi connectivity index (χ1v) is 9.71. The molecule has 1 atom stereocenters. The Morgan fingerprint density at radius 3 is 2.59 bits per heavy atom. The largest absolute Gasteiger partial charge is 0.493 e. The zero-order valence-corrected chi connectivity index (χ0v) is 18.1. The summed E-state index contributed by atoms with van der Waals surface area (Å²) in [5.41, 5.74) is 3.33. The van der Waals surface area contributed by atoms with Crippen molar-refractivity contribution in [1.82, 2.24) is 0 Å². The fourth-order valence-corrected chi connectivity index (χ4v) is 2.82. The average molecular weight is 413 g/mol. The summed E-state index contributed by atoms with van der Waals surface area (Å²) in [5.74, 6) is 0.389. The number of nitrogens with zero attached hydrogens (tertiary/aromatic N) is 1. The highest BCUT2D eigenvalue weighted by Crippen LogP contribution is 2.38. The molecule has 6 heteroatoms. The van der Waals surface area contributed by atoms with E-state index in [0.29, 0.717) is 27.8 Å². The van der Waals surface area contributed by atoms with Gasteiger partial charge in [-0.25, -0.2) is 0 Å². The molecule has 0 radical (unpaired) electrons. The van der Waals surface area contributed by atoms with Gasteiger partial charge < -0.3 is 14.8 Å². The van der Waals surface area contributed by atoms with Crippen molar-refractivity contribution in [3.63, 3.8) is 0 Å². The van der Waals surface area contributed by atoms with Crippen LogP contribution in [0.25, 0.3) is 6.08 Å². The number of hydrogen-bond acceptors (Lipinski definition) is 4. The number of ether oxygens (including phenoxy) is 2. The molecule has 0 aliphatic carbocycles. The first kappa shape index (κ1) is 22.3. The molecule has 0 bridgehead atoms. The van der Waals surface area contributed by atoms with Crippen molar-refractivity contribution in [3.05, 3.63) is 57.6 Å². The highest BCUT2D eigenvalue weighted by atomic mass is 35.5. The van der Waals surface area contributed by atoms with E-state index in [1.807, 2.05) is 45.9 Å². The number of halogens is 1. The predicted octanol–water partition coefficient (Wildman–Crippen LogP) is 5.69. The summed E-state index contributed by atoms with van der Waals surface area (Å²) >= 11 is 6.36. The fraction of sp³-hybridized carbons (Fsp3) is 0.304. The van der Waals surface area contributed by atoms with Crippen molar-refractivity contribution in [2.24, 2.45) is 0 Å². The highest BCUT2D eigenvalue weighted by Gasteiger charge is 2.16. The molecule has 0 saturated heterocycles. The van der Waals surface area contributed by atoms with Crippen LogP contribution in [-0.2, 0) is 4.79 Å². The molecule has 1 N–H and O–H groups in total. The number of carbonyl (C=O) groups is 1. The summed E-state index contributed by atoms with van der Waals surface area (Å²) in [6.07, 6.45) is 2.26. The third kappa shape index (κ3) is 5.75. The van der Waals surface area contributed by atoms with Crippen molar-refractivity contribution in [3.8, 4) is 17.6 Å². The maximum atomic E-state index is 12.5. The summed E-state index contributed by atoms with van der Waals surface area (Å²) in [5, 5.41) is 12.6. The number of methoxy groups -OCH3 is 1. The van der Waals surface area contributed by atoms with E-state index >= 15 is 0 Å². The van der Waals surface area contributed by atoms with Crippen LogP contribution in [0.5, 0.6) is 11.5 Å². The zero-order chi connectivity index (χ0) is 21.6. The number of anilines is 1. The third-order valence-electron chi connectivity index (χ3n) is 4.59. The molecule has 0 fully saturated rings. The molecule has 0 heterocycles. The van der Waals surface area contributed by atoms with E-state index in [1.165, 1.54) is 13.2 Å². The summed E-state index contributed by atoms with van der Waals surface area (Å²) in [6.45, 7) is 7.90. The Morgan fingerprint density at radius 1 is 1.28 bits per heavy atom.